The van der Waals surface area contributed by atoms with Crippen molar-refractivity contribution >= 4 is 11.7 Å². The van der Waals surface area contributed by atoms with E-state index in [1.807, 2.05) is 6.92 Å². The van der Waals surface area contributed by atoms with E-state index < -0.39 is 11.7 Å². The molecule has 102 valence electrons. The third-order valence-corrected chi connectivity index (χ3v) is 2.86. The summed E-state index contributed by atoms with van der Waals surface area (Å²) in [5, 5.41) is 2.65. The molecule has 1 aliphatic heterocycles. The molecule has 0 unspecified atom stereocenters. The van der Waals surface area contributed by atoms with Crippen LogP contribution in [0.2, 0.25) is 0 Å². The highest BCUT2D eigenvalue weighted by Crippen LogP contribution is 2.10. The summed E-state index contributed by atoms with van der Waals surface area (Å²) in [7, 11) is 0. The molecule has 1 N–H and O–H groups in total. The molecular weight excluding hydrogens is 248 g/mol. The van der Waals surface area contributed by atoms with Gasteiger partial charge in [0.15, 0.2) is 0 Å². The van der Waals surface area contributed by atoms with Crippen molar-refractivity contribution in [3.05, 3.63) is 30.1 Å². The molecule has 1 aromatic rings. The molecule has 2 rings (SSSR count). The number of amides is 1. The Morgan fingerprint density at radius 1 is 1.53 bits per heavy atom. The van der Waals surface area contributed by atoms with Crippen LogP contribution in [0.3, 0.4) is 0 Å². The number of nitrogens with one attached hydrogen (secondary N) is 1. The fraction of sp³-hybridized carbons (Fsp3) is 0.462. The van der Waals surface area contributed by atoms with Crippen LogP contribution in [-0.2, 0) is 14.3 Å². The predicted octanol–water partition coefficient (Wildman–Crippen LogP) is 0.184. The highest BCUT2D eigenvalue weighted by atomic mass is 16.5. The zero-order chi connectivity index (χ0) is 13.7. The largest absolute Gasteiger partial charge is 0.376 e. The van der Waals surface area contributed by atoms with Crippen molar-refractivity contribution in [2.24, 2.45) is 0 Å². The van der Waals surface area contributed by atoms with E-state index in [2.05, 4.69) is 10.3 Å². The van der Waals surface area contributed by atoms with Crippen LogP contribution in [0.15, 0.2) is 24.5 Å². The van der Waals surface area contributed by atoms with E-state index >= 15 is 0 Å². The number of carbonyl (C=O) groups excluding carboxylic acids is 2. The number of hydrogen-bond acceptors (Lipinski definition) is 5. The van der Waals surface area contributed by atoms with Gasteiger partial charge >= 0.3 is 0 Å². The number of ether oxygens (including phenoxy) is 2. The molecule has 0 aliphatic carbocycles. The molecule has 6 nitrogen and oxygen atoms in total. The van der Waals surface area contributed by atoms with Crippen LogP contribution in [-0.4, -0.2) is 48.6 Å². The minimum Gasteiger partial charge on any atom is -0.376 e. The monoisotopic (exact) mass is 264 g/mol. The Balaban J connectivity index is 1.95. The van der Waals surface area contributed by atoms with Gasteiger partial charge in [-0.05, 0) is 19.1 Å². The zero-order valence-electron chi connectivity index (χ0n) is 10.7. The lowest BCUT2D eigenvalue weighted by Crippen LogP contribution is -2.46. The third-order valence-electron chi connectivity index (χ3n) is 2.86. The van der Waals surface area contributed by atoms with E-state index in [4.69, 9.17) is 9.47 Å². The van der Waals surface area contributed by atoms with Crippen molar-refractivity contribution in [1.82, 2.24) is 10.3 Å². The molecule has 1 aliphatic rings. The van der Waals surface area contributed by atoms with Crippen LogP contribution in [0.5, 0.6) is 0 Å². The maximum absolute atomic E-state index is 11.9. The van der Waals surface area contributed by atoms with Gasteiger partial charge in [-0.25, -0.2) is 0 Å². The highest BCUT2D eigenvalue weighted by molar-refractivity contribution is 6.42. The Kier molecular flexibility index (Phi) is 4.59. The maximum atomic E-state index is 11.9. The average Bonchev–Trinajstić information content (AvgIpc) is 2.86. The Morgan fingerprint density at radius 2 is 2.37 bits per heavy atom. The minimum atomic E-state index is -0.659. The lowest BCUT2D eigenvalue weighted by molar-refractivity contribution is -0.118. The summed E-state index contributed by atoms with van der Waals surface area (Å²) in [5.41, 5.74) is 0.270. The van der Waals surface area contributed by atoms with Gasteiger partial charge in [0.1, 0.15) is 6.10 Å². The summed E-state index contributed by atoms with van der Waals surface area (Å²) >= 11 is 0. The fourth-order valence-electron chi connectivity index (χ4n) is 1.91. The van der Waals surface area contributed by atoms with Crippen molar-refractivity contribution < 1.29 is 19.1 Å². The topological polar surface area (TPSA) is 77.5 Å². The second-order valence-electron chi connectivity index (χ2n) is 4.18. The van der Waals surface area contributed by atoms with Gasteiger partial charge < -0.3 is 14.8 Å². The number of carbonyl (C=O) groups is 2. The molecule has 2 heterocycles. The number of aromatic nitrogens is 1. The van der Waals surface area contributed by atoms with Crippen molar-refractivity contribution in [2.45, 2.75) is 19.1 Å². The van der Waals surface area contributed by atoms with Crippen LogP contribution in [0, 0.1) is 0 Å². The molecule has 6 heteroatoms. The summed E-state index contributed by atoms with van der Waals surface area (Å²) in [6.07, 6.45) is 2.72. The molecule has 1 aromatic heterocycles. The van der Waals surface area contributed by atoms with E-state index in [9.17, 15) is 9.59 Å². The van der Waals surface area contributed by atoms with E-state index in [-0.39, 0.29) is 17.7 Å². The second kappa shape index (κ2) is 6.40. The molecule has 0 spiro atoms. The molecule has 1 amide bonds. The lowest BCUT2D eigenvalue weighted by atomic mass is 10.1. The average molecular weight is 264 g/mol. The van der Waals surface area contributed by atoms with Crippen molar-refractivity contribution in [3.8, 4) is 0 Å². The number of rotatable bonds is 5. The van der Waals surface area contributed by atoms with Crippen LogP contribution in [0.4, 0.5) is 0 Å². The Hall–Kier alpha value is -1.79. The van der Waals surface area contributed by atoms with Crippen LogP contribution < -0.4 is 5.32 Å². The molecule has 1 fully saturated rings. The maximum Gasteiger partial charge on any atom is 0.292 e. The summed E-state index contributed by atoms with van der Waals surface area (Å²) in [4.78, 5) is 27.5. The molecule has 2 atom stereocenters. The molecule has 19 heavy (non-hydrogen) atoms. The molecule has 0 radical (unpaired) electrons. The van der Waals surface area contributed by atoms with Gasteiger partial charge in [0.05, 0.1) is 19.3 Å². The van der Waals surface area contributed by atoms with Gasteiger partial charge in [0, 0.05) is 24.6 Å². The lowest BCUT2D eigenvalue weighted by Gasteiger charge is -2.18. The molecule has 0 bridgehead atoms. The van der Waals surface area contributed by atoms with Gasteiger partial charge in [0.2, 0.25) is 0 Å². The van der Waals surface area contributed by atoms with Crippen LogP contribution in [0.1, 0.15) is 17.3 Å². The first kappa shape index (κ1) is 13.6. The number of pyridine rings is 1. The summed E-state index contributed by atoms with van der Waals surface area (Å²) in [6.45, 7) is 3.20. The standard InChI is InChI=1S/C13H16N2O4/c1-2-19-11-8-18-7-10(11)15-13(17)12(16)9-4-3-5-14-6-9/h3-6,10-11H,2,7-8H2,1H3,(H,15,17)/t10-,11-/m0/s1. The van der Waals surface area contributed by atoms with Crippen molar-refractivity contribution in [2.75, 3.05) is 19.8 Å². The zero-order valence-corrected chi connectivity index (χ0v) is 10.7. The minimum absolute atomic E-state index is 0.198. The fourth-order valence-corrected chi connectivity index (χ4v) is 1.91. The van der Waals surface area contributed by atoms with Crippen molar-refractivity contribution in [3.63, 3.8) is 0 Å². The molecular formula is C13H16N2O4. The van der Waals surface area contributed by atoms with E-state index in [1.165, 1.54) is 6.20 Å². The number of Topliss-reactive ketones (excluding diaryl/α,β-unsaturated/α-hetero) is 1. The second-order valence-corrected chi connectivity index (χ2v) is 4.18. The first-order valence-corrected chi connectivity index (χ1v) is 6.17. The third kappa shape index (κ3) is 3.36. The predicted molar refractivity (Wildman–Crippen MR) is 66.7 cm³/mol. The van der Waals surface area contributed by atoms with Gasteiger partial charge in [-0.2, -0.15) is 0 Å². The number of ketones is 1. The van der Waals surface area contributed by atoms with Crippen molar-refractivity contribution in [1.29, 1.82) is 0 Å². The number of hydrogen-bond donors (Lipinski definition) is 1. The Bertz CT molecular complexity index is 449. The molecule has 1 saturated heterocycles. The van der Waals surface area contributed by atoms with Gasteiger partial charge in [0.25, 0.3) is 11.7 Å². The normalized spacial score (nSPS) is 22.2. The first-order chi connectivity index (χ1) is 9.22. The van der Waals surface area contributed by atoms with Gasteiger partial charge in [-0.3, -0.25) is 14.6 Å². The van der Waals surface area contributed by atoms with E-state index in [0.717, 1.165) is 0 Å². The Morgan fingerprint density at radius 3 is 3.05 bits per heavy atom. The highest BCUT2D eigenvalue weighted by Gasteiger charge is 2.31. The Labute approximate surface area is 111 Å². The molecule has 0 saturated carbocycles. The smallest absolute Gasteiger partial charge is 0.292 e. The van der Waals surface area contributed by atoms with Crippen LogP contribution >= 0.6 is 0 Å². The van der Waals surface area contributed by atoms with E-state index in [0.29, 0.717) is 19.8 Å². The quantitative estimate of drug-likeness (QED) is 0.606. The molecule has 0 aromatic carbocycles. The van der Waals surface area contributed by atoms with Gasteiger partial charge in [-0.15, -0.1) is 0 Å². The van der Waals surface area contributed by atoms with Crippen LogP contribution in [0.25, 0.3) is 0 Å². The van der Waals surface area contributed by atoms with E-state index in [1.54, 1.807) is 18.3 Å². The summed E-state index contributed by atoms with van der Waals surface area (Å²) < 4.78 is 10.7. The first-order valence-electron chi connectivity index (χ1n) is 6.17. The summed E-state index contributed by atoms with van der Waals surface area (Å²) in [6, 6.07) is 2.88. The van der Waals surface area contributed by atoms with Gasteiger partial charge in [-0.1, -0.05) is 0 Å². The summed E-state index contributed by atoms with van der Waals surface area (Å²) in [5.74, 6) is -1.26. The SMILES string of the molecule is CCO[C@H]1COC[C@@H]1NC(=O)C(=O)c1cccnc1. The number of nitrogens with zero attached hydrogens (tertiary/aromatic N) is 1.